The molecule has 0 fully saturated rings. The van der Waals surface area contributed by atoms with Crippen molar-refractivity contribution in [2.75, 3.05) is 18.2 Å². The first-order valence-corrected chi connectivity index (χ1v) is 9.84. The fourth-order valence-electron chi connectivity index (χ4n) is 3.13. The van der Waals surface area contributed by atoms with Gasteiger partial charge in [-0.3, -0.25) is 4.79 Å². The highest BCUT2D eigenvalue weighted by Gasteiger charge is 2.14. The number of hydrogen-bond donors (Lipinski definition) is 2. The summed E-state index contributed by atoms with van der Waals surface area (Å²) in [6, 6.07) is 11.9. The van der Waals surface area contributed by atoms with Gasteiger partial charge < -0.3 is 15.0 Å². The lowest BCUT2D eigenvalue weighted by atomic mass is 10.2. The van der Waals surface area contributed by atoms with Gasteiger partial charge in [-0.25, -0.2) is 9.97 Å². The number of carbonyl (C=O) groups is 1. The van der Waals surface area contributed by atoms with Crippen molar-refractivity contribution >= 4 is 45.3 Å². The third-order valence-electron chi connectivity index (χ3n) is 4.47. The van der Waals surface area contributed by atoms with Gasteiger partial charge in [-0.2, -0.15) is 0 Å². The summed E-state index contributed by atoms with van der Waals surface area (Å²) >= 11 is 1.38. The minimum Gasteiger partial charge on any atom is -0.495 e. The van der Waals surface area contributed by atoms with Crippen LogP contribution in [0.3, 0.4) is 0 Å². The molecule has 6 nitrogen and oxygen atoms in total. The van der Waals surface area contributed by atoms with E-state index in [0.717, 1.165) is 32.5 Å². The van der Waals surface area contributed by atoms with Crippen LogP contribution in [0.1, 0.15) is 11.1 Å². The number of methoxy groups -OCH3 is 1. The summed E-state index contributed by atoms with van der Waals surface area (Å²) in [6.45, 7) is 4.03. The van der Waals surface area contributed by atoms with Crippen molar-refractivity contribution in [1.82, 2.24) is 15.0 Å². The largest absolute Gasteiger partial charge is 0.495 e. The van der Waals surface area contributed by atoms with Crippen LogP contribution < -0.4 is 10.1 Å². The standard InChI is InChI=1S/C21H20N4O2S/c1-12-4-6-15-14(8-12)19-20(25-15)21(23-11-22-19)28-10-18(26)24-16-9-13(2)5-7-17(16)27-3/h4-9,11,25H,10H2,1-3H3,(H,24,26). The Morgan fingerprint density at radius 1 is 1.14 bits per heavy atom. The average molecular weight is 392 g/mol. The van der Waals surface area contributed by atoms with Crippen LogP contribution in [0.2, 0.25) is 0 Å². The molecule has 1 amide bonds. The molecule has 0 bridgehead atoms. The van der Waals surface area contributed by atoms with Gasteiger partial charge >= 0.3 is 0 Å². The highest BCUT2D eigenvalue weighted by molar-refractivity contribution is 8.00. The Morgan fingerprint density at radius 3 is 2.75 bits per heavy atom. The van der Waals surface area contributed by atoms with Crippen LogP contribution in [0.15, 0.2) is 47.8 Å². The number of anilines is 1. The Morgan fingerprint density at radius 2 is 1.93 bits per heavy atom. The second-order valence-corrected chi connectivity index (χ2v) is 7.58. The number of amides is 1. The molecule has 2 N–H and O–H groups in total. The maximum absolute atomic E-state index is 12.5. The fourth-order valence-corrected chi connectivity index (χ4v) is 3.89. The molecule has 2 heterocycles. The molecule has 0 aliphatic rings. The Kier molecular flexibility index (Phi) is 4.92. The molecule has 2 aromatic carbocycles. The SMILES string of the molecule is COc1ccc(C)cc1NC(=O)CSc1ncnc2c1[nH]c1ccc(C)cc12. The van der Waals surface area contributed by atoms with Gasteiger partial charge in [-0.15, -0.1) is 0 Å². The average Bonchev–Trinajstić information content (AvgIpc) is 3.05. The number of aryl methyl sites for hydroxylation is 2. The van der Waals surface area contributed by atoms with Gasteiger partial charge in [0.1, 0.15) is 22.6 Å². The number of nitrogens with zero attached hydrogens (tertiary/aromatic N) is 2. The smallest absolute Gasteiger partial charge is 0.234 e. The predicted octanol–water partition coefficient (Wildman–Crippen LogP) is 4.47. The summed E-state index contributed by atoms with van der Waals surface area (Å²) in [5, 5.41) is 4.73. The van der Waals surface area contributed by atoms with Crippen LogP contribution >= 0.6 is 11.8 Å². The molecule has 0 aliphatic carbocycles. The lowest BCUT2D eigenvalue weighted by Gasteiger charge is -2.10. The van der Waals surface area contributed by atoms with Crippen molar-refractivity contribution < 1.29 is 9.53 Å². The van der Waals surface area contributed by atoms with Crippen molar-refractivity contribution in [1.29, 1.82) is 0 Å². The van der Waals surface area contributed by atoms with Crippen LogP contribution in [-0.4, -0.2) is 33.7 Å². The van der Waals surface area contributed by atoms with E-state index in [1.165, 1.54) is 17.3 Å². The topological polar surface area (TPSA) is 79.9 Å². The number of fused-ring (bicyclic) bond motifs is 3. The van der Waals surface area contributed by atoms with Gasteiger partial charge in [0, 0.05) is 10.9 Å². The molecule has 4 aromatic rings. The zero-order chi connectivity index (χ0) is 19.7. The normalized spacial score (nSPS) is 11.1. The molecule has 0 radical (unpaired) electrons. The van der Waals surface area contributed by atoms with E-state index in [2.05, 4.69) is 39.3 Å². The molecule has 0 saturated heterocycles. The second kappa shape index (κ2) is 7.52. The molecule has 2 aromatic heterocycles. The Balaban J connectivity index is 1.55. The molecule has 0 unspecified atom stereocenters. The fraction of sp³-hybridized carbons (Fsp3) is 0.190. The van der Waals surface area contributed by atoms with E-state index in [4.69, 9.17) is 4.74 Å². The third kappa shape index (κ3) is 3.53. The summed E-state index contributed by atoms with van der Waals surface area (Å²) in [7, 11) is 1.59. The van der Waals surface area contributed by atoms with E-state index in [1.807, 2.05) is 31.2 Å². The van der Waals surface area contributed by atoms with Crippen molar-refractivity contribution in [3.63, 3.8) is 0 Å². The van der Waals surface area contributed by atoms with Crippen LogP contribution in [0, 0.1) is 13.8 Å². The first-order valence-electron chi connectivity index (χ1n) is 8.85. The summed E-state index contributed by atoms with van der Waals surface area (Å²) in [4.78, 5) is 24.6. The van der Waals surface area contributed by atoms with Gasteiger partial charge in [0.15, 0.2) is 0 Å². The lowest BCUT2D eigenvalue weighted by Crippen LogP contribution is -2.15. The van der Waals surface area contributed by atoms with Gasteiger partial charge in [0.05, 0.1) is 24.1 Å². The third-order valence-corrected chi connectivity index (χ3v) is 5.46. The van der Waals surface area contributed by atoms with E-state index in [1.54, 1.807) is 13.4 Å². The number of thioether (sulfide) groups is 1. The number of hydrogen-bond acceptors (Lipinski definition) is 5. The molecule has 28 heavy (non-hydrogen) atoms. The van der Waals surface area contributed by atoms with Crippen molar-refractivity contribution in [3.8, 4) is 5.75 Å². The van der Waals surface area contributed by atoms with Gasteiger partial charge in [0.25, 0.3) is 0 Å². The highest BCUT2D eigenvalue weighted by Crippen LogP contribution is 2.31. The first kappa shape index (κ1) is 18.3. The van der Waals surface area contributed by atoms with E-state index in [-0.39, 0.29) is 11.7 Å². The molecular formula is C21H20N4O2S. The Labute approximate surface area is 166 Å². The van der Waals surface area contributed by atoms with Crippen molar-refractivity contribution in [3.05, 3.63) is 53.9 Å². The number of benzene rings is 2. The quantitative estimate of drug-likeness (QED) is 0.387. The maximum atomic E-state index is 12.5. The molecule has 4 rings (SSSR count). The number of rotatable bonds is 5. The van der Waals surface area contributed by atoms with Crippen LogP contribution in [0.4, 0.5) is 5.69 Å². The van der Waals surface area contributed by atoms with E-state index in [0.29, 0.717) is 11.4 Å². The van der Waals surface area contributed by atoms with Crippen LogP contribution in [-0.2, 0) is 4.79 Å². The number of aromatic nitrogens is 3. The van der Waals surface area contributed by atoms with Gasteiger partial charge in [0.2, 0.25) is 5.91 Å². The van der Waals surface area contributed by atoms with Crippen molar-refractivity contribution in [2.24, 2.45) is 0 Å². The summed E-state index contributed by atoms with van der Waals surface area (Å²) in [5.74, 6) is 0.754. The molecule has 7 heteroatoms. The van der Waals surface area contributed by atoms with E-state index in [9.17, 15) is 4.79 Å². The molecule has 0 saturated carbocycles. The molecule has 142 valence electrons. The Bertz CT molecular complexity index is 1190. The molecule has 0 aliphatic heterocycles. The van der Waals surface area contributed by atoms with Crippen LogP contribution in [0.5, 0.6) is 5.75 Å². The summed E-state index contributed by atoms with van der Waals surface area (Å²) in [5.41, 5.74) is 5.63. The number of aromatic amines is 1. The Hall–Kier alpha value is -3.06. The number of carbonyl (C=O) groups excluding carboxylic acids is 1. The molecule has 0 spiro atoms. The summed E-state index contributed by atoms with van der Waals surface area (Å²) in [6.07, 6.45) is 1.54. The highest BCUT2D eigenvalue weighted by atomic mass is 32.2. The van der Waals surface area contributed by atoms with Crippen LogP contribution in [0.25, 0.3) is 21.9 Å². The number of H-pyrrole nitrogens is 1. The summed E-state index contributed by atoms with van der Waals surface area (Å²) < 4.78 is 5.32. The molecular weight excluding hydrogens is 372 g/mol. The van der Waals surface area contributed by atoms with Gasteiger partial charge in [-0.05, 0) is 43.7 Å². The van der Waals surface area contributed by atoms with Crippen molar-refractivity contribution in [2.45, 2.75) is 18.9 Å². The zero-order valence-corrected chi connectivity index (χ0v) is 16.7. The van der Waals surface area contributed by atoms with E-state index >= 15 is 0 Å². The zero-order valence-electron chi connectivity index (χ0n) is 15.9. The molecule has 0 atom stereocenters. The lowest BCUT2D eigenvalue weighted by molar-refractivity contribution is -0.113. The second-order valence-electron chi connectivity index (χ2n) is 6.62. The minimum atomic E-state index is -0.118. The minimum absolute atomic E-state index is 0.118. The predicted molar refractivity (Wildman–Crippen MR) is 113 cm³/mol. The van der Waals surface area contributed by atoms with E-state index < -0.39 is 0 Å². The first-order chi connectivity index (χ1) is 13.5. The number of nitrogens with one attached hydrogen (secondary N) is 2. The maximum Gasteiger partial charge on any atom is 0.234 e. The monoisotopic (exact) mass is 392 g/mol. The number of ether oxygens (including phenoxy) is 1. The van der Waals surface area contributed by atoms with Gasteiger partial charge in [-0.1, -0.05) is 29.5 Å².